The number of halogens is 2. The van der Waals surface area contributed by atoms with Crippen LogP contribution >= 0.6 is 0 Å². The van der Waals surface area contributed by atoms with E-state index >= 15 is 0 Å². The number of rotatable bonds is 3. The standard InChI is InChI=1S/C8H11F2N3O/c9-8(10)1-6(2-8)3-13-7(4-14)11-5-12-13/h5-6,14H,1-4H2. The number of aromatic nitrogens is 3. The van der Waals surface area contributed by atoms with E-state index in [9.17, 15) is 8.78 Å². The van der Waals surface area contributed by atoms with E-state index < -0.39 is 5.92 Å². The normalized spacial score (nSPS) is 20.8. The average Bonchev–Trinajstić information content (AvgIpc) is 2.48. The maximum Gasteiger partial charge on any atom is 0.248 e. The zero-order valence-corrected chi connectivity index (χ0v) is 7.53. The van der Waals surface area contributed by atoms with Gasteiger partial charge < -0.3 is 5.11 Å². The minimum Gasteiger partial charge on any atom is -0.388 e. The van der Waals surface area contributed by atoms with Crippen LogP contribution in [0.4, 0.5) is 8.78 Å². The van der Waals surface area contributed by atoms with Crippen LogP contribution in [0.1, 0.15) is 18.7 Å². The van der Waals surface area contributed by atoms with E-state index in [-0.39, 0.29) is 25.4 Å². The highest BCUT2D eigenvalue weighted by molar-refractivity contribution is 4.89. The SMILES string of the molecule is OCc1ncnn1CC1CC(F)(F)C1. The van der Waals surface area contributed by atoms with E-state index in [4.69, 9.17) is 5.11 Å². The fraction of sp³-hybridized carbons (Fsp3) is 0.750. The van der Waals surface area contributed by atoms with Crippen molar-refractivity contribution in [3.63, 3.8) is 0 Å². The molecule has 0 unspecified atom stereocenters. The Morgan fingerprint density at radius 3 is 2.86 bits per heavy atom. The van der Waals surface area contributed by atoms with Gasteiger partial charge in [0.25, 0.3) is 0 Å². The van der Waals surface area contributed by atoms with Crippen molar-refractivity contribution >= 4 is 0 Å². The average molecular weight is 203 g/mol. The molecule has 14 heavy (non-hydrogen) atoms. The summed E-state index contributed by atoms with van der Waals surface area (Å²) in [4.78, 5) is 3.80. The fourth-order valence-corrected chi connectivity index (χ4v) is 1.72. The highest BCUT2D eigenvalue weighted by Gasteiger charge is 2.45. The zero-order valence-electron chi connectivity index (χ0n) is 7.53. The van der Waals surface area contributed by atoms with Gasteiger partial charge in [-0.3, -0.25) is 0 Å². The van der Waals surface area contributed by atoms with Crippen molar-refractivity contribution in [2.24, 2.45) is 5.92 Å². The molecule has 0 spiro atoms. The molecule has 1 fully saturated rings. The number of alkyl halides is 2. The number of nitrogens with zero attached hydrogens (tertiary/aromatic N) is 3. The quantitative estimate of drug-likeness (QED) is 0.791. The van der Waals surface area contributed by atoms with Crippen molar-refractivity contribution in [3.8, 4) is 0 Å². The first-order valence-electron chi connectivity index (χ1n) is 4.46. The molecule has 0 saturated heterocycles. The summed E-state index contributed by atoms with van der Waals surface area (Å²) in [6.07, 6.45) is 1.15. The number of aliphatic hydroxyl groups excluding tert-OH is 1. The summed E-state index contributed by atoms with van der Waals surface area (Å²) >= 11 is 0. The summed E-state index contributed by atoms with van der Waals surface area (Å²) in [7, 11) is 0. The van der Waals surface area contributed by atoms with Crippen LogP contribution in [0.3, 0.4) is 0 Å². The Morgan fingerprint density at radius 2 is 2.29 bits per heavy atom. The van der Waals surface area contributed by atoms with Gasteiger partial charge >= 0.3 is 0 Å². The summed E-state index contributed by atoms with van der Waals surface area (Å²) in [5.41, 5.74) is 0. The summed E-state index contributed by atoms with van der Waals surface area (Å²) in [5.74, 6) is -2.11. The maximum atomic E-state index is 12.5. The summed E-state index contributed by atoms with van der Waals surface area (Å²) in [6, 6.07) is 0. The van der Waals surface area contributed by atoms with Crippen molar-refractivity contribution in [3.05, 3.63) is 12.2 Å². The lowest BCUT2D eigenvalue weighted by atomic mass is 9.81. The molecule has 1 saturated carbocycles. The van der Waals surface area contributed by atoms with Crippen molar-refractivity contribution in [1.82, 2.24) is 14.8 Å². The van der Waals surface area contributed by atoms with E-state index in [0.717, 1.165) is 0 Å². The summed E-state index contributed by atoms with van der Waals surface area (Å²) in [6.45, 7) is 0.217. The summed E-state index contributed by atoms with van der Waals surface area (Å²) in [5, 5.41) is 12.7. The first kappa shape index (κ1) is 9.51. The molecule has 78 valence electrons. The molecule has 4 nitrogen and oxygen atoms in total. The minimum atomic E-state index is -2.50. The molecule has 2 rings (SSSR count). The van der Waals surface area contributed by atoms with Gasteiger partial charge in [-0.1, -0.05) is 0 Å². The largest absolute Gasteiger partial charge is 0.388 e. The molecule has 6 heteroatoms. The smallest absolute Gasteiger partial charge is 0.248 e. The van der Waals surface area contributed by atoms with E-state index in [1.807, 2.05) is 0 Å². The van der Waals surface area contributed by atoms with Gasteiger partial charge in [0.05, 0.1) is 0 Å². The Hall–Kier alpha value is -1.04. The van der Waals surface area contributed by atoms with Crippen LogP contribution in [0.15, 0.2) is 6.33 Å². The first-order valence-corrected chi connectivity index (χ1v) is 4.46. The second-order valence-electron chi connectivity index (χ2n) is 3.65. The highest BCUT2D eigenvalue weighted by atomic mass is 19.3. The minimum absolute atomic E-state index is 0.0444. The monoisotopic (exact) mass is 203 g/mol. The van der Waals surface area contributed by atoms with Gasteiger partial charge in [-0.15, -0.1) is 0 Å². The molecule has 1 heterocycles. The predicted molar refractivity (Wildman–Crippen MR) is 43.6 cm³/mol. The van der Waals surface area contributed by atoms with Crippen LogP contribution in [-0.2, 0) is 13.2 Å². The van der Waals surface area contributed by atoms with Gasteiger partial charge in [-0.05, 0) is 5.92 Å². The van der Waals surface area contributed by atoms with Gasteiger partial charge in [0, 0.05) is 19.4 Å². The fourth-order valence-electron chi connectivity index (χ4n) is 1.72. The molecular formula is C8H11F2N3O. The van der Waals surface area contributed by atoms with Crippen molar-refractivity contribution in [2.75, 3.05) is 0 Å². The third-order valence-corrected chi connectivity index (χ3v) is 2.44. The molecule has 0 radical (unpaired) electrons. The molecule has 1 aliphatic carbocycles. The molecule has 0 amide bonds. The maximum absolute atomic E-state index is 12.5. The third kappa shape index (κ3) is 1.75. The van der Waals surface area contributed by atoms with Gasteiger partial charge in [0.1, 0.15) is 12.9 Å². The Labute approximate surface area is 79.6 Å². The van der Waals surface area contributed by atoms with Crippen LogP contribution in [0, 0.1) is 5.92 Å². The predicted octanol–water partition coefficient (Wildman–Crippen LogP) is 0.816. The van der Waals surface area contributed by atoms with Gasteiger partial charge in [0.2, 0.25) is 5.92 Å². The molecule has 1 aromatic heterocycles. The molecule has 1 N–H and O–H groups in total. The van der Waals surface area contributed by atoms with Crippen molar-refractivity contribution in [1.29, 1.82) is 0 Å². The molecule has 0 bridgehead atoms. The van der Waals surface area contributed by atoms with Crippen molar-refractivity contribution < 1.29 is 13.9 Å². The number of hydrogen-bond donors (Lipinski definition) is 1. The van der Waals surface area contributed by atoms with Crippen LogP contribution in [0.2, 0.25) is 0 Å². The molecule has 0 atom stereocenters. The Morgan fingerprint density at radius 1 is 1.57 bits per heavy atom. The van der Waals surface area contributed by atoms with Crippen LogP contribution in [0.25, 0.3) is 0 Å². The Bertz CT molecular complexity index is 318. The lowest BCUT2D eigenvalue weighted by Crippen LogP contribution is -2.38. The molecule has 0 aliphatic heterocycles. The Balaban J connectivity index is 1.93. The molecule has 1 aromatic rings. The first-order chi connectivity index (χ1) is 6.61. The zero-order chi connectivity index (χ0) is 10.2. The lowest BCUT2D eigenvalue weighted by molar-refractivity contribution is -0.115. The van der Waals surface area contributed by atoms with E-state index in [1.165, 1.54) is 11.0 Å². The van der Waals surface area contributed by atoms with Crippen LogP contribution < -0.4 is 0 Å². The van der Waals surface area contributed by atoms with E-state index in [1.54, 1.807) is 0 Å². The van der Waals surface area contributed by atoms with Crippen LogP contribution in [-0.4, -0.2) is 25.8 Å². The number of hydrogen-bond acceptors (Lipinski definition) is 3. The molecule has 1 aliphatic rings. The van der Waals surface area contributed by atoms with Gasteiger partial charge in [-0.2, -0.15) is 5.10 Å². The third-order valence-electron chi connectivity index (χ3n) is 2.44. The topological polar surface area (TPSA) is 50.9 Å². The summed E-state index contributed by atoms with van der Waals surface area (Å²) < 4.78 is 26.5. The second kappa shape index (κ2) is 3.27. The Kier molecular flexibility index (Phi) is 2.22. The lowest BCUT2D eigenvalue weighted by Gasteiger charge is -2.34. The second-order valence-corrected chi connectivity index (χ2v) is 3.65. The highest BCUT2D eigenvalue weighted by Crippen LogP contribution is 2.42. The van der Waals surface area contributed by atoms with E-state index in [0.29, 0.717) is 12.4 Å². The van der Waals surface area contributed by atoms with Gasteiger partial charge in [0.15, 0.2) is 5.82 Å². The van der Waals surface area contributed by atoms with Crippen LogP contribution in [0.5, 0.6) is 0 Å². The molecular weight excluding hydrogens is 192 g/mol. The van der Waals surface area contributed by atoms with Crippen molar-refractivity contribution in [2.45, 2.75) is 31.9 Å². The molecule has 0 aromatic carbocycles. The van der Waals surface area contributed by atoms with Gasteiger partial charge in [-0.25, -0.2) is 18.4 Å². The number of aliphatic hydroxyl groups is 1. The van der Waals surface area contributed by atoms with E-state index in [2.05, 4.69) is 10.1 Å².